The monoisotopic (exact) mass is 462 g/mol. The van der Waals surface area contributed by atoms with Crippen molar-refractivity contribution in [1.29, 1.82) is 0 Å². The molecule has 3 aromatic carbocycles. The van der Waals surface area contributed by atoms with Gasteiger partial charge in [0.15, 0.2) is 5.16 Å². The predicted octanol–water partition coefficient (Wildman–Crippen LogP) is 5.94. The van der Waals surface area contributed by atoms with Crippen molar-refractivity contribution in [3.05, 3.63) is 101 Å². The van der Waals surface area contributed by atoms with E-state index in [1.54, 1.807) is 12.1 Å². The Hall–Kier alpha value is -3.09. The molecule has 1 amide bonds. The van der Waals surface area contributed by atoms with Gasteiger partial charge >= 0.3 is 0 Å². The lowest BCUT2D eigenvalue weighted by Gasteiger charge is -2.15. The summed E-state index contributed by atoms with van der Waals surface area (Å²) >= 11 is 7.47. The normalized spacial score (nSPS) is 11.8. The highest BCUT2D eigenvalue weighted by Gasteiger charge is 2.22. The Morgan fingerprint density at radius 1 is 1.03 bits per heavy atom. The van der Waals surface area contributed by atoms with E-state index in [1.165, 1.54) is 11.8 Å². The number of nitrogens with one attached hydrogen (secondary N) is 1. The number of hydrogen-bond donors (Lipinski definition) is 1. The van der Waals surface area contributed by atoms with Crippen LogP contribution in [0.15, 0.2) is 84.0 Å². The van der Waals surface area contributed by atoms with Crippen molar-refractivity contribution in [2.45, 2.75) is 30.7 Å². The summed E-state index contributed by atoms with van der Waals surface area (Å²) in [6, 6.07) is 25.6. The molecule has 0 aliphatic heterocycles. The van der Waals surface area contributed by atoms with E-state index in [0.29, 0.717) is 22.3 Å². The van der Waals surface area contributed by atoms with Gasteiger partial charge in [0.05, 0.1) is 5.25 Å². The molecule has 0 bridgehead atoms. The van der Waals surface area contributed by atoms with Crippen LogP contribution in [-0.2, 0) is 11.2 Å². The fourth-order valence-corrected chi connectivity index (χ4v) is 4.34. The highest BCUT2D eigenvalue weighted by atomic mass is 35.5. The van der Waals surface area contributed by atoms with Gasteiger partial charge in [0.25, 0.3) is 0 Å². The van der Waals surface area contributed by atoms with Crippen LogP contribution in [0.5, 0.6) is 0 Å². The molecule has 7 heteroatoms. The van der Waals surface area contributed by atoms with Crippen LogP contribution in [0.2, 0.25) is 5.02 Å². The number of para-hydroxylation sites is 1. The molecule has 4 rings (SSSR count). The summed E-state index contributed by atoms with van der Waals surface area (Å²) < 4.78 is 2.02. The van der Waals surface area contributed by atoms with Gasteiger partial charge in [-0.1, -0.05) is 78.0 Å². The summed E-state index contributed by atoms with van der Waals surface area (Å²) in [6.07, 6.45) is 0.644. The molecule has 1 unspecified atom stereocenters. The molecule has 5 nitrogen and oxygen atoms in total. The highest BCUT2D eigenvalue weighted by molar-refractivity contribution is 8.00. The minimum absolute atomic E-state index is 0.118. The number of rotatable bonds is 7. The minimum Gasteiger partial charge on any atom is -0.325 e. The van der Waals surface area contributed by atoms with Gasteiger partial charge in [-0.15, -0.1) is 10.2 Å². The van der Waals surface area contributed by atoms with Gasteiger partial charge in [-0.25, -0.2) is 0 Å². The Morgan fingerprint density at radius 2 is 1.72 bits per heavy atom. The molecule has 0 saturated carbocycles. The van der Waals surface area contributed by atoms with Crippen LogP contribution in [0, 0.1) is 6.92 Å². The molecule has 0 aliphatic carbocycles. The Kier molecular flexibility index (Phi) is 6.93. The molecule has 0 radical (unpaired) electrons. The first-order valence-electron chi connectivity index (χ1n) is 10.3. The number of benzene rings is 3. The van der Waals surface area contributed by atoms with Gasteiger partial charge in [0, 0.05) is 22.8 Å². The zero-order chi connectivity index (χ0) is 22.5. The number of aryl methyl sites for hydroxylation is 1. The standard InChI is InChI=1S/C25H23ClN4OS/c1-17-13-14-20(26)16-22(17)27-24(31)18(2)32-25-29-28-23(15-19-9-5-3-6-10-19)30(25)21-11-7-4-8-12-21/h3-14,16,18H,15H2,1-2H3,(H,27,31). The third-order valence-electron chi connectivity index (χ3n) is 5.03. The van der Waals surface area contributed by atoms with Crippen molar-refractivity contribution in [3.63, 3.8) is 0 Å². The number of nitrogens with zero attached hydrogens (tertiary/aromatic N) is 3. The van der Waals surface area contributed by atoms with Gasteiger partial charge in [-0.05, 0) is 49.2 Å². The lowest BCUT2D eigenvalue weighted by Crippen LogP contribution is -2.23. The first-order chi connectivity index (χ1) is 15.5. The Bertz CT molecular complexity index is 1210. The van der Waals surface area contributed by atoms with Gasteiger partial charge in [-0.2, -0.15) is 0 Å². The summed E-state index contributed by atoms with van der Waals surface area (Å²) in [6.45, 7) is 3.80. The molecule has 162 valence electrons. The average molecular weight is 463 g/mol. The molecule has 0 aliphatic rings. The Balaban J connectivity index is 1.58. The van der Waals surface area contributed by atoms with Crippen LogP contribution in [0.25, 0.3) is 5.69 Å². The van der Waals surface area contributed by atoms with E-state index < -0.39 is 0 Å². The number of thioether (sulfide) groups is 1. The second-order valence-electron chi connectivity index (χ2n) is 7.44. The van der Waals surface area contributed by atoms with Crippen LogP contribution in [0.4, 0.5) is 5.69 Å². The summed E-state index contributed by atoms with van der Waals surface area (Å²) in [5.41, 5.74) is 3.78. The minimum atomic E-state index is -0.385. The number of hydrogen-bond acceptors (Lipinski definition) is 4. The number of carbonyl (C=O) groups excluding carboxylic acids is 1. The summed E-state index contributed by atoms with van der Waals surface area (Å²) in [5.74, 6) is 0.704. The van der Waals surface area contributed by atoms with Crippen molar-refractivity contribution in [3.8, 4) is 5.69 Å². The van der Waals surface area contributed by atoms with E-state index in [-0.39, 0.29) is 11.2 Å². The lowest BCUT2D eigenvalue weighted by molar-refractivity contribution is -0.115. The molecule has 0 fully saturated rings. The lowest BCUT2D eigenvalue weighted by atomic mass is 10.1. The molecule has 0 spiro atoms. The van der Waals surface area contributed by atoms with Crippen LogP contribution in [0.1, 0.15) is 23.9 Å². The molecular formula is C25H23ClN4OS. The molecular weight excluding hydrogens is 440 g/mol. The molecule has 1 N–H and O–H groups in total. The zero-order valence-corrected chi connectivity index (χ0v) is 19.4. The van der Waals surface area contributed by atoms with Crippen LogP contribution in [-0.4, -0.2) is 25.9 Å². The van der Waals surface area contributed by atoms with E-state index >= 15 is 0 Å². The molecule has 0 saturated heterocycles. The first kappa shape index (κ1) is 22.1. The van der Waals surface area contributed by atoms with Crippen molar-refractivity contribution in [2.75, 3.05) is 5.32 Å². The molecule has 32 heavy (non-hydrogen) atoms. The maximum atomic E-state index is 12.9. The second kappa shape index (κ2) is 10.0. The van der Waals surface area contributed by atoms with E-state index in [0.717, 1.165) is 22.6 Å². The third-order valence-corrected chi connectivity index (χ3v) is 6.31. The number of aromatic nitrogens is 3. The fraction of sp³-hybridized carbons (Fsp3) is 0.160. The van der Waals surface area contributed by atoms with Crippen molar-refractivity contribution in [2.24, 2.45) is 0 Å². The number of anilines is 1. The molecule has 1 atom stereocenters. The number of carbonyl (C=O) groups is 1. The smallest absolute Gasteiger partial charge is 0.237 e. The van der Waals surface area contributed by atoms with Gasteiger partial charge < -0.3 is 5.32 Å². The van der Waals surface area contributed by atoms with Gasteiger partial charge in [-0.3, -0.25) is 9.36 Å². The van der Waals surface area contributed by atoms with E-state index in [2.05, 4.69) is 27.6 Å². The number of halogens is 1. The third kappa shape index (κ3) is 5.21. The topological polar surface area (TPSA) is 59.8 Å². The molecule has 1 aromatic heterocycles. The van der Waals surface area contributed by atoms with Crippen molar-refractivity contribution < 1.29 is 4.79 Å². The summed E-state index contributed by atoms with van der Waals surface area (Å²) in [4.78, 5) is 12.9. The van der Waals surface area contributed by atoms with E-state index in [1.807, 2.05) is 73.0 Å². The highest BCUT2D eigenvalue weighted by Crippen LogP contribution is 2.28. The van der Waals surface area contributed by atoms with Crippen molar-refractivity contribution in [1.82, 2.24) is 14.8 Å². The second-order valence-corrected chi connectivity index (χ2v) is 9.19. The van der Waals surface area contributed by atoms with E-state index in [9.17, 15) is 4.79 Å². The summed E-state index contributed by atoms with van der Waals surface area (Å²) in [7, 11) is 0. The molecule has 4 aromatic rings. The zero-order valence-electron chi connectivity index (χ0n) is 17.8. The number of amides is 1. The van der Waals surface area contributed by atoms with E-state index in [4.69, 9.17) is 11.6 Å². The van der Waals surface area contributed by atoms with Crippen molar-refractivity contribution >= 4 is 35.0 Å². The van der Waals surface area contributed by atoms with Crippen LogP contribution >= 0.6 is 23.4 Å². The quantitative estimate of drug-likeness (QED) is 0.345. The SMILES string of the molecule is Cc1ccc(Cl)cc1NC(=O)C(C)Sc1nnc(Cc2ccccc2)n1-c1ccccc1. The predicted molar refractivity (Wildman–Crippen MR) is 131 cm³/mol. The largest absolute Gasteiger partial charge is 0.325 e. The van der Waals surface area contributed by atoms with Crippen LogP contribution in [0.3, 0.4) is 0 Å². The van der Waals surface area contributed by atoms with Crippen LogP contribution < -0.4 is 5.32 Å². The average Bonchev–Trinajstić information content (AvgIpc) is 3.19. The van der Waals surface area contributed by atoms with Gasteiger partial charge in [0.2, 0.25) is 5.91 Å². The molecule has 1 heterocycles. The maximum absolute atomic E-state index is 12.9. The first-order valence-corrected chi connectivity index (χ1v) is 11.5. The maximum Gasteiger partial charge on any atom is 0.237 e. The Labute approximate surface area is 196 Å². The fourth-order valence-electron chi connectivity index (χ4n) is 3.28. The summed E-state index contributed by atoms with van der Waals surface area (Å²) in [5, 5.41) is 12.7. The van der Waals surface area contributed by atoms with Gasteiger partial charge in [0.1, 0.15) is 5.82 Å². The Morgan fingerprint density at radius 3 is 2.44 bits per heavy atom.